The number of ether oxygens (including phenoxy) is 1. The average Bonchev–Trinajstić information content (AvgIpc) is 2.72. The van der Waals surface area contributed by atoms with Crippen LogP contribution in [0, 0.1) is 5.92 Å². The lowest BCUT2D eigenvalue weighted by atomic mass is 9.94. The highest BCUT2D eigenvalue weighted by molar-refractivity contribution is 7.98. The van der Waals surface area contributed by atoms with Crippen LogP contribution in [0.1, 0.15) is 35.7 Å². The van der Waals surface area contributed by atoms with E-state index in [-0.39, 0.29) is 17.7 Å². The molecule has 0 atom stereocenters. The maximum atomic E-state index is 12.7. The molecule has 2 saturated heterocycles. The van der Waals surface area contributed by atoms with Crippen molar-refractivity contribution in [1.82, 2.24) is 9.80 Å². The molecule has 3 rings (SSSR count). The van der Waals surface area contributed by atoms with Crippen LogP contribution in [0.2, 0.25) is 0 Å². The first-order valence-corrected chi connectivity index (χ1v) is 10.7. The van der Waals surface area contributed by atoms with Gasteiger partial charge in [-0.1, -0.05) is 19.1 Å². The van der Waals surface area contributed by atoms with E-state index in [2.05, 4.69) is 6.92 Å². The lowest BCUT2D eigenvalue weighted by Crippen LogP contribution is -2.47. The van der Waals surface area contributed by atoms with E-state index in [9.17, 15) is 9.59 Å². The first kappa shape index (κ1) is 19.2. The Morgan fingerprint density at radius 1 is 1.04 bits per heavy atom. The molecule has 142 valence electrons. The van der Waals surface area contributed by atoms with Crippen LogP contribution in [0.25, 0.3) is 0 Å². The van der Waals surface area contributed by atoms with Gasteiger partial charge in [-0.05, 0) is 36.3 Å². The van der Waals surface area contributed by atoms with Gasteiger partial charge in [0.25, 0.3) is 5.91 Å². The second-order valence-electron chi connectivity index (χ2n) is 6.84. The van der Waals surface area contributed by atoms with Gasteiger partial charge in [0.15, 0.2) is 0 Å². The molecule has 2 amide bonds. The van der Waals surface area contributed by atoms with Crippen molar-refractivity contribution in [2.45, 2.75) is 25.5 Å². The first-order chi connectivity index (χ1) is 12.7. The molecule has 0 saturated carbocycles. The van der Waals surface area contributed by atoms with E-state index in [1.54, 1.807) is 0 Å². The van der Waals surface area contributed by atoms with Crippen molar-refractivity contribution >= 4 is 23.6 Å². The third-order valence-electron chi connectivity index (χ3n) is 5.13. The van der Waals surface area contributed by atoms with E-state index in [4.69, 9.17) is 4.74 Å². The Labute approximate surface area is 160 Å². The monoisotopic (exact) mass is 376 g/mol. The van der Waals surface area contributed by atoms with Crippen molar-refractivity contribution in [2.24, 2.45) is 5.92 Å². The van der Waals surface area contributed by atoms with Crippen LogP contribution >= 0.6 is 11.8 Å². The predicted octanol–water partition coefficient (Wildman–Crippen LogP) is 2.65. The molecule has 2 heterocycles. The van der Waals surface area contributed by atoms with Gasteiger partial charge in [-0.15, -0.1) is 0 Å². The van der Waals surface area contributed by atoms with E-state index < -0.39 is 0 Å². The number of hydrogen-bond donors (Lipinski definition) is 0. The summed E-state index contributed by atoms with van der Waals surface area (Å²) < 4.78 is 5.32. The molecule has 1 aromatic carbocycles. The molecule has 26 heavy (non-hydrogen) atoms. The van der Waals surface area contributed by atoms with Crippen molar-refractivity contribution in [1.29, 1.82) is 0 Å². The Hall–Kier alpha value is -1.53. The Morgan fingerprint density at radius 2 is 1.69 bits per heavy atom. The Morgan fingerprint density at radius 3 is 2.31 bits per heavy atom. The SMILES string of the molecule is CCSCc1ccc(C(=O)N2CCC(C(=O)N3CCOCC3)CC2)cc1. The Kier molecular flexibility index (Phi) is 6.97. The van der Waals surface area contributed by atoms with Crippen LogP contribution in [0.15, 0.2) is 24.3 Å². The molecule has 0 unspecified atom stereocenters. The van der Waals surface area contributed by atoms with E-state index in [0.29, 0.717) is 39.4 Å². The van der Waals surface area contributed by atoms with Crippen molar-refractivity contribution < 1.29 is 14.3 Å². The van der Waals surface area contributed by atoms with Crippen LogP contribution in [-0.2, 0) is 15.3 Å². The zero-order chi connectivity index (χ0) is 18.4. The molecule has 0 radical (unpaired) electrons. The number of thioether (sulfide) groups is 1. The minimum absolute atomic E-state index is 0.0468. The minimum atomic E-state index is 0.0468. The summed E-state index contributed by atoms with van der Waals surface area (Å²) >= 11 is 1.88. The highest BCUT2D eigenvalue weighted by atomic mass is 32.2. The number of nitrogens with zero attached hydrogens (tertiary/aromatic N) is 2. The van der Waals surface area contributed by atoms with E-state index in [1.807, 2.05) is 45.8 Å². The summed E-state index contributed by atoms with van der Waals surface area (Å²) in [4.78, 5) is 29.1. The Bertz CT molecular complexity index is 606. The fourth-order valence-corrected chi connectivity index (χ4v) is 4.15. The van der Waals surface area contributed by atoms with Crippen molar-refractivity contribution in [3.05, 3.63) is 35.4 Å². The largest absolute Gasteiger partial charge is 0.378 e. The number of carbonyl (C=O) groups is 2. The molecule has 5 nitrogen and oxygen atoms in total. The van der Waals surface area contributed by atoms with Crippen LogP contribution in [0.3, 0.4) is 0 Å². The molecular weight excluding hydrogens is 348 g/mol. The summed E-state index contributed by atoms with van der Waals surface area (Å²) in [5, 5.41) is 0. The first-order valence-electron chi connectivity index (χ1n) is 9.51. The second kappa shape index (κ2) is 9.42. The third kappa shape index (κ3) is 4.80. The molecule has 2 fully saturated rings. The topological polar surface area (TPSA) is 49.9 Å². The Balaban J connectivity index is 1.50. The number of hydrogen-bond acceptors (Lipinski definition) is 4. The van der Waals surface area contributed by atoms with Gasteiger partial charge in [0.1, 0.15) is 0 Å². The summed E-state index contributed by atoms with van der Waals surface area (Å²) in [6.07, 6.45) is 1.51. The summed E-state index contributed by atoms with van der Waals surface area (Å²) in [6, 6.07) is 7.95. The quantitative estimate of drug-likeness (QED) is 0.793. The fourth-order valence-electron chi connectivity index (χ4n) is 3.52. The van der Waals surface area contributed by atoms with Gasteiger partial charge in [0.05, 0.1) is 13.2 Å². The third-order valence-corrected chi connectivity index (χ3v) is 6.07. The van der Waals surface area contributed by atoms with Crippen LogP contribution < -0.4 is 0 Å². The van der Waals surface area contributed by atoms with Crippen molar-refractivity contribution in [3.63, 3.8) is 0 Å². The average molecular weight is 377 g/mol. The molecule has 2 aliphatic rings. The molecule has 0 aliphatic carbocycles. The normalized spacial score (nSPS) is 18.8. The summed E-state index contributed by atoms with van der Waals surface area (Å²) in [7, 11) is 0. The number of morpholine rings is 1. The van der Waals surface area contributed by atoms with Gasteiger partial charge in [-0.2, -0.15) is 11.8 Å². The summed E-state index contributed by atoms with van der Waals surface area (Å²) in [6.45, 7) is 6.13. The molecule has 0 spiro atoms. The number of piperidine rings is 1. The minimum Gasteiger partial charge on any atom is -0.378 e. The van der Waals surface area contributed by atoms with Crippen molar-refractivity contribution in [3.8, 4) is 0 Å². The number of rotatable bonds is 5. The smallest absolute Gasteiger partial charge is 0.253 e. The maximum Gasteiger partial charge on any atom is 0.253 e. The summed E-state index contributed by atoms with van der Waals surface area (Å²) in [5.74, 6) is 2.44. The van der Waals surface area contributed by atoms with Gasteiger partial charge in [-0.3, -0.25) is 9.59 Å². The van der Waals surface area contributed by atoms with E-state index in [1.165, 1.54) is 5.56 Å². The molecule has 0 bridgehead atoms. The molecular formula is C20H28N2O3S. The van der Waals surface area contributed by atoms with Gasteiger partial charge >= 0.3 is 0 Å². The van der Waals surface area contributed by atoms with Gasteiger partial charge in [0.2, 0.25) is 5.91 Å². The standard InChI is InChI=1S/C20H28N2O3S/c1-2-26-15-16-3-5-17(6-4-16)19(23)21-9-7-18(8-10-21)20(24)22-11-13-25-14-12-22/h3-6,18H,2,7-15H2,1H3. The second-order valence-corrected chi connectivity index (χ2v) is 8.11. The molecule has 0 aromatic heterocycles. The lowest BCUT2D eigenvalue weighted by Gasteiger charge is -2.35. The van der Waals surface area contributed by atoms with Gasteiger partial charge in [0, 0.05) is 43.4 Å². The molecule has 0 N–H and O–H groups in total. The molecule has 1 aromatic rings. The lowest BCUT2D eigenvalue weighted by molar-refractivity contribution is -0.141. The molecule has 2 aliphatic heterocycles. The molecule has 6 heteroatoms. The highest BCUT2D eigenvalue weighted by Gasteiger charge is 2.31. The number of likely N-dealkylation sites (tertiary alicyclic amines) is 1. The zero-order valence-corrected chi connectivity index (χ0v) is 16.3. The van der Waals surface area contributed by atoms with E-state index in [0.717, 1.165) is 29.9 Å². The van der Waals surface area contributed by atoms with E-state index >= 15 is 0 Å². The maximum absolute atomic E-state index is 12.7. The summed E-state index contributed by atoms with van der Waals surface area (Å²) in [5.41, 5.74) is 2.00. The van der Waals surface area contributed by atoms with Crippen LogP contribution in [0.4, 0.5) is 0 Å². The number of carbonyl (C=O) groups excluding carboxylic acids is 2. The van der Waals surface area contributed by atoms with Gasteiger partial charge in [-0.25, -0.2) is 0 Å². The number of benzene rings is 1. The zero-order valence-electron chi connectivity index (χ0n) is 15.5. The van der Waals surface area contributed by atoms with Crippen LogP contribution in [-0.4, -0.2) is 66.8 Å². The number of amides is 2. The van der Waals surface area contributed by atoms with Gasteiger partial charge < -0.3 is 14.5 Å². The van der Waals surface area contributed by atoms with Crippen LogP contribution in [0.5, 0.6) is 0 Å². The predicted molar refractivity (Wildman–Crippen MR) is 104 cm³/mol. The highest BCUT2D eigenvalue weighted by Crippen LogP contribution is 2.22. The fraction of sp³-hybridized carbons (Fsp3) is 0.600. The van der Waals surface area contributed by atoms with Crippen molar-refractivity contribution in [2.75, 3.05) is 45.1 Å².